The fraction of sp³-hybridized carbons (Fsp3) is 0.387. The molecule has 0 N–H and O–H groups in total. The molecule has 1 unspecified atom stereocenters. The van der Waals surface area contributed by atoms with E-state index < -0.39 is 12.0 Å². The van der Waals surface area contributed by atoms with E-state index in [9.17, 15) is 9.59 Å². The van der Waals surface area contributed by atoms with Gasteiger partial charge in [-0.3, -0.25) is 9.36 Å². The van der Waals surface area contributed by atoms with Gasteiger partial charge in [0.05, 0.1) is 43.2 Å². The number of thiazole rings is 1. The Morgan fingerprint density at radius 1 is 1.10 bits per heavy atom. The van der Waals surface area contributed by atoms with Crippen LogP contribution in [0.3, 0.4) is 0 Å². The van der Waals surface area contributed by atoms with Gasteiger partial charge in [-0.1, -0.05) is 37.3 Å². The van der Waals surface area contributed by atoms with Crippen LogP contribution in [0.15, 0.2) is 51.4 Å². The van der Waals surface area contributed by atoms with Crippen molar-refractivity contribution < 1.29 is 23.7 Å². The molecule has 0 saturated carbocycles. The number of nitrogens with zero attached hydrogens (tertiary/aromatic N) is 2. The summed E-state index contributed by atoms with van der Waals surface area (Å²) in [6.45, 7) is 12.2. The molecule has 0 fully saturated rings. The van der Waals surface area contributed by atoms with Crippen LogP contribution < -0.4 is 29.1 Å². The largest absolute Gasteiger partial charge is 0.496 e. The van der Waals surface area contributed by atoms with Gasteiger partial charge in [0.15, 0.2) is 16.3 Å². The van der Waals surface area contributed by atoms with E-state index in [4.69, 9.17) is 23.9 Å². The number of hydrogen-bond donors (Lipinski definition) is 0. The fourth-order valence-corrected chi connectivity index (χ4v) is 5.97. The van der Waals surface area contributed by atoms with Gasteiger partial charge in [-0.25, -0.2) is 9.79 Å². The molecule has 0 aliphatic carbocycles. The van der Waals surface area contributed by atoms with Crippen molar-refractivity contribution in [2.45, 2.75) is 53.5 Å². The first-order valence-electron chi connectivity index (χ1n) is 13.3. The zero-order chi connectivity index (χ0) is 29.1. The number of para-hydroxylation sites is 1. The molecule has 1 aliphatic rings. The van der Waals surface area contributed by atoms with Crippen LogP contribution in [0.1, 0.15) is 68.8 Å². The second-order valence-electron chi connectivity index (χ2n) is 9.72. The number of allylic oxidation sites excluding steroid dienone is 1. The molecule has 40 heavy (non-hydrogen) atoms. The summed E-state index contributed by atoms with van der Waals surface area (Å²) in [4.78, 5) is 32.6. The smallest absolute Gasteiger partial charge is 0.338 e. The number of rotatable bonds is 9. The second-order valence-corrected chi connectivity index (χ2v) is 10.7. The van der Waals surface area contributed by atoms with E-state index in [0.717, 1.165) is 22.4 Å². The number of methoxy groups -OCH3 is 2. The minimum absolute atomic E-state index is 0.193. The summed E-state index contributed by atoms with van der Waals surface area (Å²) in [5.41, 5.74) is 4.11. The third-order valence-corrected chi connectivity index (χ3v) is 7.84. The zero-order valence-corrected chi connectivity index (χ0v) is 25.1. The van der Waals surface area contributed by atoms with Crippen molar-refractivity contribution in [3.63, 3.8) is 0 Å². The zero-order valence-electron chi connectivity index (χ0n) is 24.3. The standard InChI is InChI=1S/C31H36N2O6S/c1-9-38-28-21(12-11-13-23(28)36-7)27-26(30(35)39-10-2)19(6)32-31-33(27)29(34)25(40-31)16-20-15-22(17(3)4)24(37-8)14-18(20)5/h11-17,27H,9-10H2,1-8H3/b25-16-. The van der Waals surface area contributed by atoms with Crippen LogP contribution in [0.4, 0.5) is 0 Å². The van der Waals surface area contributed by atoms with Crippen LogP contribution in [-0.4, -0.2) is 38.0 Å². The summed E-state index contributed by atoms with van der Waals surface area (Å²) in [7, 11) is 3.22. The molecule has 1 aliphatic heterocycles. The topological polar surface area (TPSA) is 88.4 Å². The molecule has 3 aromatic rings. The first kappa shape index (κ1) is 29.1. The van der Waals surface area contributed by atoms with Crippen molar-refractivity contribution >= 4 is 23.4 Å². The van der Waals surface area contributed by atoms with Gasteiger partial charge >= 0.3 is 5.97 Å². The highest BCUT2D eigenvalue weighted by Gasteiger charge is 2.36. The van der Waals surface area contributed by atoms with Crippen LogP contribution >= 0.6 is 11.3 Å². The predicted molar refractivity (Wildman–Crippen MR) is 156 cm³/mol. The van der Waals surface area contributed by atoms with Gasteiger partial charge in [0.1, 0.15) is 11.8 Å². The van der Waals surface area contributed by atoms with Crippen LogP contribution in [0, 0.1) is 6.92 Å². The average molecular weight is 565 g/mol. The maximum atomic E-state index is 14.1. The Morgan fingerprint density at radius 3 is 2.45 bits per heavy atom. The monoisotopic (exact) mass is 564 g/mol. The van der Waals surface area contributed by atoms with E-state index in [0.29, 0.717) is 38.7 Å². The second kappa shape index (κ2) is 12.1. The Kier molecular flexibility index (Phi) is 8.83. The lowest BCUT2D eigenvalue weighted by atomic mass is 9.94. The van der Waals surface area contributed by atoms with E-state index in [1.165, 1.54) is 11.3 Å². The van der Waals surface area contributed by atoms with Gasteiger partial charge in [-0.2, -0.15) is 0 Å². The Bertz CT molecular complexity index is 1650. The molecule has 0 spiro atoms. The third kappa shape index (κ3) is 5.30. The number of esters is 1. The predicted octanol–water partition coefficient (Wildman–Crippen LogP) is 4.65. The molecular formula is C31H36N2O6S. The minimum Gasteiger partial charge on any atom is -0.496 e. The molecule has 1 aromatic heterocycles. The summed E-state index contributed by atoms with van der Waals surface area (Å²) in [6, 6.07) is 8.71. The number of hydrogen-bond acceptors (Lipinski definition) is 8. The molecule has 9 heteroatoms. The van der Waals surface area contributed by atoms with Crippen molar-refractivity contribution in [1.82, 2.24) is 4.57 Å². The molecular weight excluding hydrogens is 528 g/mol. The van der Waals surface area contributed by atoms with Crippen molar-refractivity contribution in [3.8, 4) is 17.2 Å². The maximum Gasteiger partial charge on any atom is 0.338 e. The number of aryl methyl sites for hydroxylation is 1. The Morgan fingerprint density at radius 2 is 1.82 bits per heavy atom. The summed E-state index contributed by atoms with van der Waals surface area (Å²) in [5, 5.41) is 0. The van der Waals surface area contributed by atoms with Gasteiger partial charge in [0, 0.05) is 5.56 Å². The average Bonchev–Trinajstić information content (AvgIpc) is 3.23. The quantitative estimate of drug-likeness (QED) is 0.352. The normalized spacial score (nSPS) is 15.1. The van der Waals surface area contributed by atoms with Crippen molar-refractivity contribution in [1.29, 1.82) is 0 Å². The van der Waals surface area contributed by atoms with E-state index in [-0.39, 0.29) is 23.7 Å². The highest BCUT2D eigenvalue weighted by molar-refractivity contribution is 7.07. The lowest BCUT2D eigenvalue weighted by Crippen LogP contribution is -2.40. The summed E-state index contributed by atoms with van der Waals surface area (Å²) in [6.07, 6.45) is 1.89. The van der Waals surface area contributed by atoms with Gasteiger partial charge in [-0.15, -0.1) is 0 Å². The Hall–Kier alpha value is -3.85. The van der Waals surface area contributed by atoms with E-state index in [1.807, 2.05) is 38.1 Å². The molecule has 2 heterocycles. The van der Waals surface area contributed by atoms with Crippen LogP contribution in [0.5, 0.6) is 17.2 Å². The molecule has 0 saturated heterocycles. The molecule has 8 nitrogen and oxygen atoms in total. The molecule has 0 amide bonds. The van der Waals surface area contributed by atoms with Crippen molar-refractivity contribution in [3.05, 3.63) is 83.5 Å². The number of carbonyl (C=O) groups excluding carboxylic acids is 1. The van der Waals surface area contributed by atoms with Gasteiger partial charge < -0.3 is 18.9 Å². The molecule has 212 valence electrons. The van der Waals surface area contributed by atoms with Crippen LogP contribution in [0.2, 0.25) is 0 Å². The highest BCUT2D eigenvalue weighted by atomic mass is 32.1. The molecule has 2 aromatic carbocycles. The number of fused-ring (bicyclic) bond motifs is 1. The number of ether oxygens (including phenoxy) is 4. The Balaban J connectivity index is 2.02. The molecule has 0 bridgehead atoms. The Labute approximate surface area is 238 Å². The SMILES string of the molecule is CCOC(=O)C1=C(C)N=c2s/c(=C\c3cc(C(C)C)c(OC)cc3C)c(=O)n2C1c1cccc(OC)c1OCC. The first-order chi connectivity index (χ1) is 19.2. The van der Waals surface area contributed by atoms with Crippen molar-refractivity contribution in [2.75, 3.05) is 27.4 Å². The van der Waals surface area contributed by atoms with Crippen molar-refractivity contribution in [2.24, 2.45) is 4.99 Å². The lowest BCUT2D eigenvalue weighted by molar-refractivity contribution is -0.139. The fourth-order valence-electron chi connectivity index (χ4n) is 4.93. The van der Waals surface area contributed by atoms with Gasteiger partial charge in [0.25, 0.3) is 5.56 Å². The van der Waals surface area contributed by atoms with Gasteiger partial charge in [-0.05, 0) is 74.6 Å². The van der Waals surface area contributed by atoms with Gasteiger partial charge in [0.2, 0.25) is 0 Å². The number of aromatic nitrogens is 1. The van der Waals surface area contributed by atoms with Crippen LogP contribution in [-0.2, 0) is 9.53 Å². The molecule has 0 radical (unpaired) electrons. The summed E-state index contributed by atoms with van der Waals surface area (Å²) in [5.74, 6) is 1.51. The maximum absolute atomic E-state index is 14.1. The molecule has 4 rings (SSSR count). The van der Waals surface area contributed by atoms with E-state index in [2.05, 4.69) is 19.9 Å². The lowest BCUT2D eigenvalue weighted by Gasteiger charge is -2.26. The first-order valence-corrected chi connectivity index (χ1v) is 14.2. The van der Waals surface area contributed by atoms with Crippen LogP contribution in [0.25, 0.3) is 6.08 Å². The minimum atomic E-state index is -0.808. The van der Waals surface area contributed by atoms with E-state index >= 15 is 0 Å². The van der Waals surface area contributed by atoms with E-state index in [1.54, 1.807) is 38.7 Å². The third-order valence-electron chi connectivity index (χ3n) is 6.86. The number of benzene rings is 2. The summed E-state index contributed by atoms with van der Waals surface area (Å²) >= 11 is 1.29. The molecule has 1 atom stereocenters. The highest BCUT2D eigenvalue weighted by Crippen LogP contribution is 2.40. The summed E-state index contributed by atoms with van der Waals surface area (Å²) < 4.78 is 24.7. The number of carbonyl (C=O) groups is 1.